The maximum atomic E-state index is 6.74. The van der Waals surface area contributed by atoms with Crippen LogP contribution in [0.2, 0.25) is 0 Å². The zero-order chi connectivity index (χ0) is 31.1. The van der Waals surface area contributed by atoms with E-state index in [2.05, 4.69) is 102 Å². The summed E-state index contributed by atoms with van der Waals surface area (Å²) < 4.78 is 8.96. The topological polar surface area (TPSA) is 56.7 Å². The molecule has 0 radical (unpaired) electrons. The van der Waals surface area contributed by atoms with E-state index >= 15 is 0 Å². The molecule has 12 rings (SSSR count). The van der Waals surface area contributed by atoms with Crippen LogP contribution < -0.4 is 0 Å². The summed E-state index contributed by atoms with van der Waals surface area (Å²) in [6.07, 6.45) is 0. The first-order valence-electron chi connectivity index (χ1n) is 16.2. The predicted octanol–water partition coefficient (Wildman–Crippen LogP) is 11.1. The number of hydrogen-bond donors (Lipinski definition) is 0. The molecule has 220 valence electrons. The third-order valence-corrected chi connectivity index (χ3v) is 10.3. The normalized spacial score (nSPS) is 12.6. The van der Waals surface area contributed by atoms with Gasteiger partial charge in [0.2, 0.25) is 5.95 Å². The highest BCUT2D eigenvalue weighted by Gasteiger charge is 2.28. The van der Waals surface area contributed by atoms with Gasteiger partial charge in [-0.25, -0.2) is 4.98 Å². The van der Waals surface area contributed by atoms with Crippen molar-refractivity contribution in [3.8, 4) is 39.9 Å². The lowest BCUT2D eigenvalue weighted by Gasteiger charge is -2.11. The predicted molar refractivity (Wildman–Crippen MR) is 195 cm³/mol. The Labute approximate surface area is 272 Å². The molecule has 5 heteroatoms. The van der Waals surface area contributed by atoms with Crippen molar-refractivity contribution in [2.45, 2.75) is 0 Å². The first-order chi connectivity index (χ1) is 23.8. The van der Waals surface area contributed by atoms with Crippen molar-refractivity contribution < 1.29 is 4.42 Å². The molecule has 0 aliphatic heterocycles. The van der Waals surface area contributed by atoms with E-state index in [1.54, 1.807) is 0 Å². The number of fused-ring (bicyclic) bond motifs is 2. The summed E-state index contributed by atoms with van der Waals surface area (Å²) >= 11 is 0. The van der Waals surface area contributed by atoms with E-state index < -0.39 is 0 Å². The fourth-order valence-electron chi connectivity index (χ4n) is 8.42. The minimum absolute atomic E-state index is 0.584. The monoisotopic (exact) mass is 610 g/mol. The highest BCUT2D eigenvalue weighted by Crippen LogP contribution is 2.54. The van der Waals surface area contributed by atoms with Crippen LogP contribution in [0, 0.1) is 0 Å². The fourth-order valence-corrected chi connectivity index (χ4v) is 8.42. The molecule has 11 aromatic rings. The average molecular weight is 611 g/mol. The number of nitrogens with zero attached hydrogens (tertiary/aromatic N) is 4. The molecule has 0 spiro atoms. The summed E-state index contributed by atoms with van der Waals surface area (Å²) in [4.78, 5) is 15.3. The summed E-state index contributed by atoms with van der Waals surface area (Å²) in [5.74, 6) is 1.85. The molecule has 8 aromatic carbocycles. The van der Waals surface area contributed by atoms with Gasteiger partial charge in [-0.05, 0) is 62.3 Å². The summed E-state index contributed by atoms with van der Waals surface area (Å²) in [5.41, 5.74) is 8.34. The number of rotatable bonds is 3. The lowest BCUT2D eigenvalue weighted by molar-refractivity contribution is 0.670. The molecule has 1 aliphatic carbocycles. The molecule has 1 aliphatic rings. The molecule has 0 fully saturated rings. The van der Waals surface area contributed by atoms with Crippen molar-refractivity contribution in [3.05, 3.63) is 133 Å². The Morgan fingerprint density at radius 3 is 1.79 bits per heavy atom. The second-order valence-corrected chi connectivity index (χ2v) is 12.7. The molecule has 3 heterocycles. The number of benzene rings is 7. The van der Waals surface area contributed by atoms with Crippen molar-refractivity contribution >= 4 is 76.1 Å². The Morgan fingerprint density at radius 1 is 0.417 bits per heavy atom. The van der Waals surface area contributed by atoms with Crippen molar-refractivity contribution in [3.63, 3.8) is 0 Å². The summed E-state index contributed by atoms with van der Waals surface area (Å²) in [6, 6.07) is 46.8. The van der Waals surface area contributed by atoms with Crippen LogP contribution in [0.25, 0.3) is 116 Å². The maximum absolute atomic E-state index is 6.74. The molecule has 0 unspecified atom stereocenters. The van der Waals surface area contributed by atoms with E-state index in [0.29, 0.717) is 17.6 Å². The van der Waals surface area contributed by atoms with E-state index in [1.165, 1.54) is 54.2 Å². The Hall–Kier alpha value is -6.59. The summed E-state index contributed by atoms with van der Waals surface area (Å²) in [6.45, 7) is 0. The van der Waals surface area contributed by atoms with Gasteiger partial charge in [0.15, 0.2) is 11.6 Å². The lowest BCUT2D eigenvalue weighted by atomic mass is 9.94. The maximum Gasteiger partial charge on any atom is 0.238 e. The van der Waals surface area contributed by atoms with E-state index in [9.17, 15) is 0 Å². The van der Waals surface area contributed by atoms with Crippen LogP contribution in [0.1, 0.15) is 0 Å². The lowest BCUT2D eigenvalue weighted by Crippen LogP contribution is -2.06. The molecule has 0 saturated heterocycles. The van der Waals surface area contributed by atoms with Gasteiger partial charge in [0.05, 0.1) is 11.0 Å². The van der Waals surface area contributed by atoms with E-state index in [-0.39, 0.29) is 0 Å². The SMILES string of the molecule is c1ccc(-c2nc(-c3ccccc3)nc(-n3c4cccc5c6cccc7c6c6c8c-7cccc8cc7oc8ccc3c(c8c76)c54)n2)cc1. The first-order valence-corrected chi connectivity index (χ1v) is 16.2. The van der Waals surface area contributed by atoms with Crippen molar-refractivity contribution in [1.29, 1.82) is 0 Å². The number of furan rings is 1. The summed E-state index contributed by atoms with van der Waals surface area (Å²) in [7, 11) is 0. The fraction of sp³-hybridized carbons (Fsp3) is 0. The molecule has 48 heavy (non-hydrogen) atoms. The molecule has 0 atom stereocenters. The molecular formula is C43H22N4O. The largest absolute Gasteiger partial charge is 0.456 e. The van der Waals surface area contributed by atoms with E-state index in [4.69, 9.17) is 19.4 Å². The molecule has 5 nitrogen and oxygen atoms in total. The second-order valence-electron chi connectivity index (χ2n) is 12.7. The summed E-state index contributed by atoms with van der Waals surface area (Å²) in [5, 5.41) is 12.2. The van der Waals surface area contributed by atoms with Crippen LogP contribution in [-0.4, -0.2) is 19.5 Å². The highest BCUT2D eigenvalue weighted by molar-refractivity contribution is 6.45. The molecule has 3 aromatic heterocycles. The van der Waals surface area contributed by atoms with Crippen LogP contribution in [-0.2, 0) is 0 Å². The average Bonchev–Trinajstić information content (AvgIpc) is 3.80. The molecular weight excluding hydrogens is 589 g/mol. The van der Waals surface area contributed by atoms with Gasteiger partial charge < -0.3 is 4.42 Å². The second kappa shape index (κ2) is 8.60. The Balaban J connectivity index is 1.32. The molecule has 0 amide bonds. The van der Waals surface area contributed by atoms with Crippen LogP contribution in [0.3, 0.4) is 0 Å². The van der Waals surface area contributed by atoms with Gasteiger partial charge in [0, 0.05) is 38.1 Å². The van der Waals surface area contributed by atoms with Gasteiger partial charge in [0.1, 0.15) is 11.2 Å². The van der Waals surface area contributed by atoms with Crippen molar-refractivity contribution in [1.82, 2.24) is 19.5 Å². The van der Waals surface area contributed by atoms with E-state index in [1.807, 2.05) is 36.4 Å². The zero-order valence-electron chi connectivity index (χ0n) is 25.4. The molecule has 0 saturated carbocycles. The van der Waals surface area contributed by atoms with Gasteiger partial charge in [0.25, 0.3) is 0 Å². The number of aromatic nitrogens is 4. The van der Waals surface area contributed by atoms with Crippen molar-refractivity contribution in [2.24, 2.45) is 0 Å². The molecule has 0 bridgehead atoms. The van der Waals surface area contributed by atoms with Gasteiger partial charge >= 0.3 is 0 Å². The zero-order valence-corrected chi connectivity index (χ0v) is 25.4. The minimum Gasteiger partial charge on any atom is -0.456 e. The van der Waals surface area contributed by atoms with Gasteiger partial charge in [-0.1, -0.05) is 109 Å². The van der Waals surface area contributed by atoms with Gasteiger partial charge in [-0.2, -0.15) is 9.97 Å². The highest BCUT2D eigenvalue weighted by atomic mass is 16.3. The first kappa shape index (κ1) is 24.6. The van der Waals surface area contributed by atoms with E-state index in [0.717, 1.165) is 44.1 Å². The van der Waals surface area contributed by atoms with Crippen LogP contribution >= 0.6 is 0 Å². The quantitative estimate of drug-likeness (QED) is 0.200. The third kappa shape index (κ3) is 2.95. The Bertz CT molecular complexity index is 3100. The standard InChI is InChI=1S/C43H22N4O/c1-3-10-23(11-4-1)41-44-42(24-12-5-2-6-13-24)46-43(45-41)47-30-19-9-18-29-28-17-8-16-27-26-15-7-14-25-22-33-39(40(34(25)26)35(27)28)38-32(48-33)21-20-31(47)37(38)36(29)30/h1-22H. The van der Waals surface area contributed by atoms with Crippen LogP contribution in [0.4, 0.5) is 0 Å². The molecule has 0 N–H and O–H groups in total. The Kier molecular flexibility index (Phi) is 4.41. The number of hydrogen-bond acceptors (Lipinski definition) is 4. The van der Waals surface area contributed by atoms with Crippen molar-refractivity contribution in [2.75, 3.05) is 0 Å². The smallest absolute Gasteiger partial charge is 0.238 e. The van der Waals surface area contributed by atoms with Gasteiger partial charge in [-0.15, -0.1) is 0 Å². The third-order valence-electron chi connectivity index (χ3n) is 10.3. The van der Waals surface area contributed by atoms with Gasteiger partial charge in [-0.3, -0.25) is 4.57 Å². The Morgan fingerprint density at radius 2 is 1.04 bits per heavy atom. The van der Waals surface area contributed by atoms with Crippen LogP contribution in [0.15, 0.2) is 138 Å². The minimum atomic E-state index is 0.584. The van der Waals surface area contributed by atoms with Crippen LogP contribution in [0.5, 0.6) is 0 Å².